The average Bonchev–Trinajstić information content (AvgIpc) is 2.78. The van der Waals surface area contributed by atoms with E-state index in [-0.39, 0.29) is 5.91 Å². The molecule has 1 aliphatic carbocycles. The van der Waals surface area contributed by atoms with Crippen molar-refractivity contribution < 1.29 is 4.79 Å². The molecule has 2 unspecified atom stereocenters. The molecule has 3 N–H and O–H groups in total. The van der Waals surface area contributed by atoms with Gasteiger partial charge in [-0.05, 0) is 30.7 Å². The molecular formula is C14H20N2OS. The number of benzene rings is 1. The first kappa shape index (κ1) is 13.3. The summed E-state index contributed by atoms with van der Waals surface area (Å²) in [5, 5.41) is 3.69. The van der Waals surface area contributed by atoms with Gasteiger partial charge in [-0.15, -0.1) is 0 Å². The third-order valence-electron chi connectivity index (χ3n) is 3.36. The van der Waals surface area contributed by atoms with Gasteiger partial charge < -0.3 is 11.1 Å². The summed E-state index contributed by atoms with van der Waals surface area (Å²) in [5.74, 6) is 1.06. The predicted molar refractivity (Wildman–Crippen MR) is 77.9 cm³/mol. The Balaban J connectivity index is 2.01. The standard InChI is InChI=1S/C14H20N2OS/c1-2-18-13-9-5-8-12(13)16-14(17)10-6-3-4-7-11(10)15/h3-4,6-7,12-13H,2,5,8-9,15H2,1H3,(H,16,17). The molecule has 98 valence electrons. The first-order valence-electron chi connectivity index (χ1n) is 6.49. The molecule has 2 rings (SSSR count). The number of anilines is 1. The van der Waals surface area contributed by atoms with Crippen molar-refractivity contribution >= 4 is 23.4 Å². The van der Waals surface area contributed by atoms with E-state index in [0.717, 1.165) is 12.2 Å². The van der Waals surface area contributed by atoms with Crippen molar-refractivity contribution in [3.63, 3.8) is 0 Å². The molecule has 0 heterocycles. The van der Waals surface area contributed by atoms with Crippen molar-refractivity contribution in [2.75, 3.05) is 11.5 Å². The van der Waals surface area contributed by atoms with E-state index in [0.29, 0.717) is 22.5 Å². The number of hydrogen-bond acceptors (Lipinski definition) is 3. The second-order valence-corrected chi connectivity index (χ2v) is 6.11. The van der Waals surface area contributed by atoms with Crippen LogP contribution in [0.2, 0.25) is 0 Å². The van der Waals surface area contributed by atoms with Crippen molar-refractivity contribution in [2.24, 2.45) is 0 Å². The molecule has 1 saturated carbocycles. The van der Waals surface area contributed by atoms with Gasteiger partial charge in [0.05, 0.1) is 5.56 Å². The Kier molecular flexibility index (Phi) is 4.53. The maximum absolute atomic E-state index is 12.2. The van der Waals surface area contributed by atoms with Crippen molar-refractivity contribution in [2.45, 2.75) is 37.5 Å². The van der Waals surface area contributed by atoms with Crippen molar-refractivity contribution in [3.05, 3.63) is 29.8 Å². The second kappa shape index (κ2) is 6.14. The molecule has 0 aromatic heterocycles. The lowest BCUT2D eigenvalue weighted by molar-refractivity contribution is 0.0939. The molecule has 0 aliphatic heterocycles. The summed E-state index contributed by atoms with van der Waals surface area (Å²) < 4.78 is 0. The van der Waals surface area contributed by atoms with E-state index in [4.69, 9.17) is 5.73 Å². The number of nitrogens with two attached hydrogens (primary N) is 1. The van der Waals surface area contributed by atoms with Crippen LogP contribution in [0.1, 0.15) is 36.5 Å². The summed E-state index contributed by atoms with van der Waals surface area (Å²) in [6, 6.07) is 7.53. The summed E-state index contributed by atoms with van der Waals surface area (Å²) in [7, 11) is 0. The van der Waals surface area contributed by atoms with Crippen molar-refractivity contribution in [1.82, 2.24) is 5.32 Å². The van der Waals surface area contributed by atoms with Gasteiger partial charge in [0.15, 0.2) is 0 Å². The normalized spacial score (nSPS) is 22.9. The minimum Gasteiger partial charge on any atom is -0.398 e. The van der Waals surface area contributed by atoms with E-state index in [1.165, 1.54) is 12.8 Å². The summed E-state index contributed by atoms with van der Waals surface area (Å²) in [4.78, 5) is 12.2. The topological polar surface area (TPSA) is 55.1 Å². The molecule has 1 fully saturated rings. The second-order valence-electron chi connectivity index (χ2n) is 4.59. The van der Waals surface area contributed by atoms with Crippen LogP contribution >= 0.6 is 11.8 Å². The van der Waals surface area contributed by atoms with Crippen LogP contribution in [0.4, 0.5) is 5.69 Å². The molecule has 0 radical (unpaired) electrons. The molecule has 0 spiro atoms. The molecule has 0 bridgehead atoms. The molecule has 1 aromatic carbocycles. The van der Waals surface area contributed by atoms with Crippen LogP contribution in [0.25, 0.3) is 0 Å². The van der Waals surface area contributed by atoms with Gasteiger partial charge in [0.2, 0.25) is 0 Å². The van der Waals surface area contributed by atoms with Gasteiger partial charge in [-0.1, -0.05) is 25.5 Å². The largest absolute Gasteiger partial charge is 0.398 e. The van der Waals surface area contributed by atoms with E-state index in [2.05, 4.69) is 12.2 Å². The fraction of sp³-hybridized carbons (Fsp3) is 0.500. The number of rotatable bonds is 4. The maximum Gasteiger partial charge on any atom is 0.253 e. The molecule has 1 aliphatic rings. The zero-order valence-electron chi connectivity index (χ0n) is 10.7. The quantitative estimate of drug-likeness (QED) is 0.822. The highest BCUT2D eigenvalue weighted by atomic mass is 32.2. The Morgan fingerprint density at radius 2 is 2.22 bits per heavy atom. The van der Waals surface area contributed by atoms with Crippen LogP contribution in [0, 0.1) is 0 Å². The number of nitrogen functional groups attached to an aromatic ring is 1. The highest BCUT2D eigenvalue weighted by Gasteiger charge is 2.28. The average molecular weight is 264 g/mol. The molecule has 3 nitrogen and oxygen atoms in total. The number of carbonyl (C=O) groups excluding carboxylic acids is 1. The van der Waals surface area contributed by atoms with Gasteiger partial charge in [0.1, 0.15) is 0 Å². The van der Waals surface area contributed by atoms with Crippen LogP contribution in [-0.2, 0) is 0 Å². The van der Waals surface area contributed by atoms with Crippen LogP contribution in [0.3, 0.4) is 0 Å². The highest BCUT2D eigenvalue weighted by molar-refractivity contribution is 7.99. The Bertz CT molecular complexity index is 422. The third-order valence-corrected chi connectivity index (χ3v) is 4.68. The summed E-state index contributed by atoms with van der Waals surface area (Å²) in [6.07, 6.45) is 3.48. The lowest BCUT2D eigenvalue weighted by atomic mass is 10.1. The van der Waals surface area contributed by atoms with E-state index < -0.39 is 0 Å². The van der Waals surface area contributed by atoms with E-state index >= 15 is 0 Å². The number of carbonyl (C=O) groups is 1. The van der Waals surface area contributed by atoms with Crippen LogP contribution in [0.15, 0.2) is 24.3 Å². The molecule has 2 atom stereocenters. The number of amides is 1. The lowest BCUT2D eigenvalue weighted by Gasteiger charge is -2.20. The first-order valence-corrected chi connectivity index (χ1v) is 7.54. The SMILES string of the molecule is CCSC1CCCC1NC(=O)c1ccccc1N. The fourth-order valence-corrected chi connectivity index (χ4v) is 3.65. The Morgan fingerprint density at radius 3 is 2.94 bits per heavy atom. The molecular weight excluding hydrogens is 244 g/mol. The van der Waals surface area contributed by atoms with Gasteiger partial charge in [-0.3, -0.25) is 4.79 Å². The van der Waals surface area contributed by atoms with Crippen LogP contribution in [0.5, 0.6) is 0 Å². The number of hydrogen-bond donors (Lipinski definition) is 2. The van der Waals surface area contributed by atoms with Gasteiger partial charge in [0.25, 0.3) is 5.91 Å². The summed E-state index contributed by atoms with van der Waals surface area (Å²) in [6.45, 7) is 2.16. The molecule has 4 heteroatoms. The predicted octanol–water partition coefficient (Wildman–Crippen LogP) is 2.67. The van der Waals surface area contributed by atoms with Gasteiger partial charge >= 0.3 is 0 Å². The number of para-hydroxylation sites is 1. The highest BCUT2D eigenvalue weighted by Crippen LogP contribution is 2.30. The Labute approximate surface area is 113 Å². The van der Waals surface area contributed by atoms with Gasteiger partial charge in [-0.2, -0.15) is 11.8 Å². The zero-order chi connectivity index (χ0) is 13.0. The molecule has 1 amide bonds. The Morgan fingerprint density at radius 1 is 1.44 bits per heavy atom. The maximum atomic E-state index is 12.2. The monoisotopic (exact) mass is 264 g/mol. The Hall–Kier alpha value is -1.16. The first-order chi connectivity index (χ1) is 8.72. The molecule has 1 aromatic rings. The smallest absolute Gasteiger partial charge is 0.253 e. The van der Waals surface area contributed by atoms with Crippen molar-refractivity contribution in [1.29, 1.82) is 0 Å². The van der Waals surface area contributed by atoms with Crippen molar-refractivity contribution in [3.8, 4) is 0 Å². The van der Waals surface area contributed by atoms with E-state index in [1.807, 2.05) is 23.9 Å². The zero-order valence-corrected chi connectivity index (χ0v) is 11.5. The van der Waals surface area contributed by atoms with Crippen LogP contribution < -0.4 is 11.1 Å². The minimum atomic E-state index is -0.0401. The van der Waals surface area contributed by atoms with E-state index in [9.17, 15) is 4.79 Å². The summed E-state index contributed by atoms with van der Waals surface area (Å²) >= 11 is 1.94. The molecule has 18 heavy (non-hydrogen) atoms. The fourth-order valence-electron chi connectivity index (χ4n) is 2.45. The number of nitrogens with one attached hydrogen (secondary N) is 1. The number of thioether (sulfide) groups is 1. The van der Waals surface area contributed by atoms with E-state index in [1.54, 1.807) is 12.1 Å². The van der Waals surface area contributed by atoms with Gasteiger partial charge in [-0.25, -0.2) is 0 Å². The van der Waals surface area contributed by atoms with Crippen LogP contribution in [-0.4, -0.2) is 23.0 Å². The molecule has 0 saturated heterocycles. The van der Waals surface area contributed by atoms with Gasteiger partial charge in [0, 0.05) is 17.0 Å². The third kappa shape index (κ3) is 2.99. The summed E-state index contributed by atoms with van der Waals surface area (Å²) in [5.41, 5.74) is 6.96. The minimum absolute atomic E-state index is 0.0401. The lowest BCUT2D eigenvalue weighted by Crippen LogP contribution is -2.39.